The van der Waals surface area contributed by atoms with Crippen molar-refractivity contribution in [3.63, 3.8) is 0 Å². The molecule has 1 aliphatic rings. The first-order valence-electron chi connectivity index (χ1n) is 7.18. The molecule has 0 saturated carbocycles. The molecule has 1 aromatic carbocycles. The molecule has 0 N–H and O–H groups in total. The maximum absolute atomic E-state index is 12.7. The lowest BCUT2D eigenvalue weighted by atomic mass is 9.93. The fourth-order valence-corrected chi connectivity index (χ4v) is 5.24. The van der Waals surface area contributed by atoms with Gasteiger partial charge in [-0.05, 0) is 23.9 Å². The van der Waals surface area contributed by atoms with Crippen molar-refractivity contribution in [3.8, 4) is 0 Å². The van der Waals surface area contributed by atoms with Crippen LogP contribution < -0.4 is 0 Å². The second-order valence-electron chi connectivity index (χ2n) is 5.46. The van der Waals surface area contributed by atoms with E-state index in [-0.39, 0.29) is 4.21 Å². The van der Waals surface area contributed by atoms with Crippen LogP contribution in [0.4, 0.5) is 0 Å². The van der Waals surface area contributed by atoms with Gasteiger partial charge in [0.05, 0.1) is 0 Å². The van der Waals surface area contributed by atoms with E-state index >= 15 is 0 Å². The summed E-state index contributed by atoms with van der Waals surface area (Å²) >= 11 is 1.03. The highest BCUT2D eigenvalue weighted by molar-refractivity contribution is 7.91. The molecule has 0 spiro atoms. The van der Waals surface area contributed by atoms with E-state index < -0.39 is 34.0 Å². The van der Waals surface area contributed by atoms with Gasteiger partial charge in [0.1, 0.15) is 10.3 Å². The minimum absolute atomic E-state index is 0.0780. The maximum Gasteiger partial charge on any atom is 0.303 e. The molecule has 2 atom stereocenters. The van der Waals surface area contributed by atoms with Gasteiger partial charge in [-0.1, -0.05) is 35.9 Å². The van der Waals surface area contributed by atoms with E-state index in [1.807, 2.05) is 19.1 Å². The van der Waals surface area contributed by atoms with E-state index in [0.717, 1.165) is 21.2 Å². The topological polar surface area (TPSA) is 80.8 Å². The monoisotopic (exact) mass is 365 g/mol. The maximum atomic E-state index is 12.7. The molecule has 6 nitrogen and oxygen atoms in total. The summed E-state index contributed by atoms with van der Waals surface area (Å²) in [5, 5.41) is 1.63. The second kappa shape index (κ2) is 6.03. The molecule has 1 saturated heterocycles. The summed E-state index contributed by atoms with van der Waals surface area (Å²) in [7, 11) is -3.97. The van der Waals surface area contributed by atoms with Crippen LogP contribution in [-0.4, -0.2) is 30.7 Å². The van der Waals surface area contributed by atoms with E-state index in [1.165, 1.54) is 13.0 Å². The zero-order chi connectivity index (χ0) is 17.5. The van der Waals surface area contributed by atoms with Crippen LogP contribution in [0.2, 0.25) is 0 Å². The van der Waals surface area contributed by atoms with Gasteiger partial charge in [-0.15, -0.1) is 11.3 Å². The molecular formula is C16H15NO5S2. The van der Waals surface area contributed by atoms with Gasteiger partial charge in [0, 0.05) is 6.92 Å². The van der Waals surface area contributed by atoms with Crippen LogP contribution in [0.3, 0.4) is 0 Å². The Morgan fingerprint density at radius 2 is 1.88 bits per heavy atom. The smallest absolute Gasteiger partial charge is 0.303 e. The summed E-state index contributed by atoms with van der Waals surface area (Å²) in [6.45, 7) is 3.09. The molecule has 126 valence electrons. The summed E-state index contributed by atoms with van der Waals surface area (Å²) in [4.78, 5) is 23.6. The normalized spacial score (nSPS) is 20.6. The van der Waals surface area contributed by atoms with Crippen LogP contribution in [-0.2, 0) is 24.3 Å². The van der Waals surface area contributed by atoms with Crippen LogP contribution in [0.5, 0.6) is 0 Å². The highest BCUT2D eigenvalue weighted by atomic mass is 32.2. The first-order valence-corrected chi connectivity index (χ1v) is 9.50. The number of hydrogen-bond acceptors (Lipinski definition) is 6. The molecule has 1 amide bonds. The summed E-state index contributed by atoms with van der Waals surface area (Å²) < 4.78 is 31.4. The van der Waals surface area contributed by atoms with Crippen molar-refractivity contribution in [3.05, 3.63) is 52.9 Å². The van der Waals surface area contributed by atoms with Gasteiger partial charge in [0.15, 0.2) is 0 Å². The number of aryl methyl sites for hydroxylation is 1. The molecule has 3 rings (SSSR count). The Balaban J connectivity index is 2.03. The average molecular weight is 365 g/mol. The number of amides is 1. The van der Waals surface area contributed by atoms with Crippen molar-refractivity contribution >= 4 is 33.2 Å². The Morgan fingerprint density at radius 3 is 2.42 bits per heavy atom. The number of benzene rings is 1. The molecule has 24 heavy (non-hydrogen) atoms. The first-order chi connectivity index (χ1) is 11.3. The van der Waals surface area contributed by atoms with Crippen molar-refractivity contribution < 1.29 is 22.7 Å². The summed E-state index contributed by atoms with van der Waals surface area (Å²) in [5.41, 5.74) is 1.60. The fourth-order valence-electron chi connectivity index (χ4n) is 2.58. The molecule has 1 aliphatic heterocycles. The van der Waals surface area contributed by atoms with Gasteiger partial charge in [-0.3, -0.25) is 9.59 Å². The first kappa shape index (κ1) is 16.7. The standard InChI is InChI=1S/C16H15NO5S2/c1-10-5-7-12(8-6-10)14-15(22-11(2)18)16(19)17(14)24(20,21)13-4-3-9-23-13/h3-9,14-15H,1-2H3/t14-,15+/m1/s1. The number of β-lactam (4-membered cyclic amide) rings is 1. The zero-order valence-corrected chi connectivity index (χ0v) is 14.6. The SMILES string of the molecule is CC(=O)O[C@@H]1C(=O)N(S(=O)(=O)c2cccs2)[C@@H]1c1ccc(C)cc1. The molecule has 1 aromatic heterocycles. The van der Waals surface area contributed by atoms with Gasteiger partial charge >= 0.3 is 5.97 Å². The molecule has 8 heteroatoms. The van der Waals surface area contributed by atoms with E-state index in [0.29, 0.717) is 5.56 Å². The van der Waals surface area contributed by atoms with Crippen molar-refractivity contribution in [2.75, 3.05) is 0 Å². The fraction of sp³-hybridized carbons (Fsp3) is 0.250. The molecule has 0 radical (unpaired) electrons. The number of ether oxygens (including phenoxy) is 1. The molecule has 0 bridgehead atoms. The highest BCUT2D eigenvalue weighted by Gasteiger charge is 2.56. The second-order valence-corrected chi connectivity index (χ2v) is 8.45. The predicted molar refractivity (Wildman–Crippen MR) is 87.8 cm³/mol. The predicted octanol–water partition coefficient (Wildman–Crippen LogP) is 2.26. The van der Waals surface area contributed by atoms with Crippen LogP contribution >= 0.6 is 11.3 Å². The van der Waals surface area contributed by atoms with Crippen LogP contribution in [0, 0.1) is 6.92 Å². The minimum Gasteiger partial charge on any atom is -0.450 e. The third kappa shape index (κ3) is 2.71. The largest absolute Gasteiger partial charge is 0.450 e. The Hall–Kier alpha value is -2.19. The lowest BCUT2D eigenvalue weighted by molar-refractivity contribution is -0.174. The van der Waals surface area contributed by atoms with Crippen LogP contribution in [0.1, 0.15) is 24.1 Å². The van der Waals surface area contributed by atoms with Gasteiger partial charge in [-0.25, -0.2) is 12.7 Å². The third-order valence-corrected chi connectivity index (χ3v) is 6.87. The van der Waals surface area contributed by atoms with Gasteiger partial charge in [-0.2, -0.15) is 0 Å². The zero-order valence-electron chi connectivity index (χ0n) is 13.0. The van der Waals surface area contributed by atoms with Gasteiger partial charge < -0.3 is 4.74 Å². The number of rotatable bonds is 4. The lowest BCUT2D eigenvalue weighted by Crippen LogP contribution is -2.62. The quantitative estimate of drug-likeness (QED) is 0.613. The molecule has 0 aliphatic carbocycles. The van der Waals surface area contributed by atoms with Crippen molar-refractivity contribution in [1.82, 2.24) is 4.31 Å². The Bertz CT molecular complexity index is 872. The highest BCUT2D eigenvalue weighted by Crippen LogP contribution is 2.42. The van der Waals surface area contributed by atoms with E-state index in [2.05, 4.69) is 0 Å². The van der Waals surface area contributed by atoms with Crippen LogP contribution in [0.25, 0.3) is 0 Å². The lowest BCUT2D eigenvalue weighted by Gasteiger charge is -2.44. The Morgan fingerprint density at radius 1 is 1.21 bits per heavy atom. The molecular weight excluding hydrogens is 350 g/mol. The summed E-state index contributed by atoms with van der Waals surface area (Å²) in [6, 6.07) is 9.30. The van der Waals surface area contributed by atoms with Crippen LogP contribution in [0.15, 0.2) is 46.0 Å². The summed E-state index contributed by atoms with van der Waals surface area (Å²) in [5.74, 6) is -1.36. The third-order valence-electron chi connectivity index (χ3n) is 3.72. The van der Waals surface area contributed by atoms with Crippen molar-refractivity contribution in [2.24, 2.45) is 0 Å². The Labute approximate surface area is 143 Å². The number of hydrogen-bond donors (Lipinski definition) is 0. The summed E-state index contributed by atoms with van der Waals surface area (Å²) in [6.07, 6.45) is -1.13. The average Bonchev–Trinajstić information content (AvgIpc) is 3.06. The van der Waals surface area contributed by atoms with Gasteiger partial charge in [0.25, 0.3) is 15.9 Å². The van der Waals surface area contributed by atoms with E-state index in [4.69, 9.17) is 4.74 Å². The molecule has 0 unspecified atom stereocenters. The molecule has 1 fully saturated rings. The molecule has 2 aromatic rings. The number of carbonyl (C=O) groups excluding carboxylic acids is 2. The van der Waals surface area contributed by atoms with Crippen molar-refractivity contribution in [1.29, 1.82) is 0 Å². The Kier molecular flexibility index (Phi) is 4.18. The minimum atomic E-state index is -3.97. The van der Waals surface area contributed by atoms with E-state index in [1.54, 1.807) is 23.6 Å². The van der Waals surface area contributed by atoms with Crippen molar-refractivity contribution in [2.45, 2.75) is 30.2 Å². The number of sulfonamides is 1. The number of esters is 1. The van der Waals surface area contributed by atoms with E-state index in [9.17, 15) is 18.0 Å². The number of carbonyl (C=O) groups is 2. The number of nitrogens with zero attached hydrogens (tertiary/aromatic N) is 1. The number of thiophene rings is 1. The molecule has 2 heterocycles. The van der Waals surface area contributed by atoms with Gasteiger partial charge in [0.2, 0.25) is 6.10 Å².